The van der Waals surface area contributed by atoms with Gasteiger partial charge in [0.15, 0.2) is 5.76 Å². The molecule has 1 amide bonds. The first-order valence-electron chi connectivity index (χ1n) is 8.09. The van der Waals surface area contributed by atoms with Gasteiger partial charge in [-0.15, -0.1) is 0 Å². The molecule has 1 unspecified atom stereocenters. The van der Waals surface area contributed by atoms with Crippen LogP contribution in [0.4, 0.5) is 0 Å². The van der Waals surface area contributed by atoms with E-state index < -0.39 is 0 Å². The number of pyridine rings is 1. The van der Waals surface area contributed by atoms with Crippen LogP contribution in [0, 0.1) is 0 Å². The highest BCUT2D eigenvalue weighted by Gasteiger charge is 2.29. The molecule has 4 heterocycles. The molecule has 0 radical (unpaired) electrons. The zero-order chi connectivity index (χ0) is 16.4. The largest absolute Gasteiger partial charge is 0.459 e. The first-order valence-corrected chi connectivity index (χ1v) is 8.09. The van der Waals surface area contributed by atoms with Crippen molar-refractivity contribution in [1.29, 1.82) is 0 Å². The van der Waals surface area contributed by atoms with Crippen molar-refractivity contribution in [3.8, 4) is 11.1 Å². The topological polar surface area (TPSA) is 75.0 Å². The average molecular weight is 322 g/mol. The Morgan fingerprint density at radius 1 is 1.29 bits per heavy atom. The maximum absolute atomic E-state index is 12.5. The van der Waals surface area contributed by atoms with Crippen LogP contribution in [0.2, 0.25) is 0 Å². The second kappa shape index (κ2) is 6.31. The van der Waals surface area contributed by atoms with Gasteiger partial charge >= 0.3 is 0 Å². The first kappa shape index (κ1) is 14.7. The van der Waals surface area contributed by atoms with Gasteiger partial charge in [-0.25, -0.2) is 0 Å². The molecule has 0 spiro atoms. The van der Waals surface area contributed by atoms with Gasteiger partial charge in [0.05, 0.1) is 12.5 Å². The Morgan fingerprint density at radius 3 is 2.96 bits per heavy atom. The van der Waals surface area contributed by atoms with Crippen LogP contribution in [0.25, 0.3) is 11.1 Å². The Morgan fingerprint density at radius 2 is 2.17 bits per heavy atom. The lowest BCUT2D eigenvalue weighted by molar-refractivity contribution is 0.0674. The fraction of sp³-hybridized carbons (Fsp3) is 0.278. The zero-order valence-electron chi connectivity index (χ0n) is 13.2. The number of likely N-dealkylation sites (tertiary alicyclic amines) is 1. The Labute approximate surface area is 139 Å². The fourth-order valence-electron chi connectivity index (χ4n) is 3.32. The van der Waals surface area contributed by atoms with Gasteiger partial charge in [0.1, 0.15) is 0 Å². The smallest absolute Gasteiger partial charge is 0.289 e. The molecule has 1 aliphatic rings. The van der Waals surface area contributed by atoms with E-state index in [1.807, 2.05) is 23.2 Å². The number of carbonyl (C=O) groups excluding carboxylic acids is 1. The average Bonchev–Trinajstić information content (AvgIpc) is 3.34. The predicted molar refractivity (Wildman–Crippen MR) is 88.4 cm³/mol. The molecule has 1 fully saturated rings. The number of hydrogen-bond acceptors (Lipinski definition) is 4. The normalized spacial score (nSPS) is 17.8. The number of hydrogen-bond donors (Lipinski definition) is 1. The number of nitrogens with one attached hydrogen (secondary N) is 1. The Kier molecular flexibility index (Phi) is 3.86. The van der Waals surface area contributed by atoms with Crippen LogP contribution in [0.15, 0.2) is 53.5 Å². The second-order valence-electron chi connectivity index (χ2n) is 6.00. The van der Waals surface area contributed by atoms with Gasteiger partial charge < -0.3 is 9.32 Å². The molecule has 3 aromatic heterocycles. The number of aromatic amines is 1. The van der Waals surface area contributed by atoms with Crippen molar-refractivity contribution < 1.29 is 9.21 Å². The number of carbonyl (C=O) groups is 1. The number of amides is 1. The number of furan rings is 1. The van der Waals surface area contributed by atoms with Crippen molar-refractivity contribution >= 4 is 5.91 Å². The molecule has 6 heteroatoms. The summed E-state index contributed by atoms with van der Waals surface area (Å²) in [4.78, 5) is 18.5. The van der Waals surface area contributed by atoms with E-state index >= 15 is 0 Å². The summed E-state index contributed by atoms with van der Waals surface area (Å²) in [5, 5.41) is 7.36. The van der Waals surface area contributed by atoms with Crippen LogP contribution in [0.5, 0.6) is 0 Å². The summed E-state index contributed by atoms with van der Waals surface area (Å²) in [7, 11) is 0. The van der Waals surface area contributed by atoms with Crippen molar-refractivity contribution in [2.75, 3.05) is 13.1 Å². The van der Waals surface area contributed by atoms with Crippen molar-refractivity contribution in [3.63, 3.8) is 0 Å². The van der Waals surface area contributed by atoms with E-state index in [1.54, 1.807) is 24.5 Å². The Bertz CT molecular complexity index is 811. The number of piperidine rings is 1. The van der Waals surface area contributed by atoms with Crippen molar-refractivity contribution in [2.24, 2.45) is 0 Å². The molecule has 4 rings (SSSR count). The van der Waals surface area contributed by atoms with E-state index in [9.17, 15) is 4.79 Å². The highest BCUT2D eigenvalue weighted by atomic mass is 16.3. The van der Waals surface area contributed by atoms with Gasteiger partial charge in [-0.2, -0.15) is 5.10 Å². The van der Waals surface area contributed by atoms with Crippen LogP contribution in [0.3, 0.4) is 0 Å². The highest BCUT2D eigenvalue weighted by Crippen LogP contribution is 2.33. The third-order valence-electron chi connectivity index (χ3n) is 4.51. The summed E-state index contributed by atoms with van der Waals surface area (Å²) in [6.07, 6.45) is 8.93. The van der Waals surface area contributed by atoms with Gasteiger partial charge in [-0.1, -0.05) is 0 Å². The van der Waals surface area contributed by atoms with E-state index in [0.29, 0.717) is 12.3 Å². The third-order valence-corrected chi connectivity index (χ3v) is 4.51. The molecular weight excluding hydrogens is 304 g/mol. The Balaban J connectivity index is 1.57. The van der Waals surface area contributed by atoms with Crippen LogP contribution in [-0.2, 0) is 0 Å². The van der Waals surface area contributed by atoms with Crippen LogP contribution in [-0.4, -0.2) is 39.1 Å². The summed E-state index contributed by atoms with van der Waals surface area (Å²) in [5.74, 6) is 0.590. The van der Waals surface area contributed by atoms with E-state index in [2.05, 4.69) is 15.2 Å². The minimum absolute atomic E-state index is 0.0466. The monoisotopic (exact) mass is 322 g/mol. The van der Waals surface area contributed by atoms with Gasteiger partial charge in [0.2, 0.25) is 0 Å². The number of nitrogens with zero attached hydrogens (tertiary/aromatic N) is 3. The standard InChI is InChI=1S/C18H18N4O2/c23-18(16-4-2-10-24-16)22-9-1-3-14(12-22)17-15(11-20-21-17)13-5-7-19-8-6-13/h2,4-8,10-11,14H,1,3,9,12H2,(H,20,21). The number of H-pyrrole nitrogens is 1. The first-order chi connectivity index (χ1) is 11.8. The lowest BCUT2D eigenvalue weighted by Gasteiger charge is -2.32. The predicted octanol–water partition coefficient (Wildman–Crippen LogP) is 3.08. The lowest BCUT2D eigenvalue weighted by atomic mass is 9.90. The van der Waals surface area contributed by atoms with Gasteiger partial charge in [0.25, 0.3) is 5.91 Å². The molecule has 0 aliphatic carbocycles. The van der Waals surface area contributed by atoms with E-state index in [0.717, 1.165) is 36.2 Å². The lowest BCUT2D eigenvalue weighted by Crippen LogP contribution is -2.39. The summed E-state index contributed by atoms with van der Waals surface area (Å²) in [6.45, 7) is 1.43. The molecular formula is C18H18N4O2. The van der Waals surface area contributed by atoms with Gasteiger partial charge in [0, 0.05) is 42.7 Å². The van der Waals surface area contributed by atoms with Crippen LogP contribution < -0.4 is 0 Å². The molecule has 6 nitrogen and oxygen atoms in total. The van der Waals surface area contributed by atoms with Crippen molar-refractivity contribution in [2.45, 2.75) is 18.8 Å². The molecule has 1 aliphatic heterocycles. The van der Waals surface area contributed by atoms with Crippen molar-refractivity contribution in [3.05, 3.63) is 60.6 Å². The van der Waals surface area contributed by atoms with E-state index in [-0.39, 0.29) is 11.8 Å². The highest BCUT2D eigenvalue weighted by molar-refractivity contribution is 5.91. The van der Waals surface area contributed by atoms with Crippen molar-refractivity contribution in [1.82, 2.24) is 20.1 Å². The quantitative estimate of drug-likeness (QED) is 0.804. The van der Waals surface area contributed by atoms with Crippen LogP contribution >= 0.6 is 0 Å². The maximum atomic E-state index is 12.5. The molecule has 24 heavy (non-hydrogen) atoms. The minimum Gasteiger partial charge on any atom is -0.459 e. The molecule has 0 saturated carbocycles. The molecule has 1 atom stereocenters. The third kappa shape index (κ3) is 2.71. The van der Waals surface area contributed by atoms with Crippen LogP contribution in [0.1, 0.15) is 35.0 Å². The van der Waals surface area contributed by atoms with E-state index in [4.69, 9.17) is 4.42 Å². The molecule has 122 valence electrons. The molecule has 1 saturated heterocycles. The fourth-order valence-corrected chi connectivity index (χ4v) is 3.32. The van der Waals surface area contributed by atoms with Gasteiger partial charge in [-0.3, -0.25) is 14.9 Å². The van der Waals surface area contributed by atoms with Gasteiger partial charge in [-0.05, 0) is 42.7 Å². The molecule has 1 N–H and O–H groups in total. The van der Waals surface area contributed by atoms with E-state index in [1.165, 1.54) is 6.26 Å². The number of rotatable bonds is 3. The molecule has 0 bridgehead atoms. The summed E-state index contributed by atoms with van der Waals surface area (Å²) in [5.41, 5.74) is 3.25. The second-order valence-corrected chi connectivity index (χ2v) is 6.00. The summed E-state index contributed by atoms with van der Waals surface area (Å²) < 4.78 is 5.25. The maximum Gasteiger partial charge on any atom is 0.289 e. The molecule has 0 aromatic carbocycles. The minimum atomic E-state index is -0.0466. The SMILES string of the molecule is O=C(c1ccco1)N1CCCC(c2[nH]ncc2-c2ccncc2)C1. The summed E-state index contributed by atoms with van der Waals surface area (Å²) >= 11 is 0. The molecule has 3 aromatic rings. The Hall–Kier alpha value is -2.89. The zero-order valence-corrected chi connectivity index (χ0v) is 13.2. The summed E-state index contributed by atoms with van der Waals surface area (Å²) in [6, 6.07) is 7.40. The number of aromatic nitrogens is 3.